The largest absolute Gasteiger partial charge is 0.294 e. The highest BCUT2D eigenvalue weighted by Gasteiger charge is 2.23. The van der Waals surface area contributed by atoms with Crippen molar-refractivity contribution in [2.24, 2.45) is 11.8 Å². The van der Waals surface area contributed by atoms with E-state index in [-0.39, 0.29) is 11.7 Å². The van der Waals surface area contributed by atoms with Gasteiger partial charge in [-0.1, -0.05) is 49.4 Å². The Morgan fingerprint density at radius 3 is 2.69 bits per heavy atom. The Kier molecular flexibility index (Phi) is 3.55. The van der Waals surface area contributed by atoms with E-state index >= 15 is 0 Å². The van der Waals surface area contributed by atoms with Gasteiger partial charge in [0.05, 0.1) is 0 Å². The second-order valence-corrected chi connectivity index (χ2v) is 4.54. The minimum Gasteiger partial charge on any atom is -0.294 e. The van der Waals surface area contributed by atoms with Gasteiger partial charge in [-0.3, -0.25) is 4.79 Å². The van der Waals surface area contributed by atoms with Crippen molar-refractivity contribution in [3.63, 3.8) is 0 Å². The molecule has 0 radical (unpaired) electrons. The number of allylic oxidation sites excluding steroid dienone is 2. The number of ketones is 1. The van der Waals surface area contributed by atoms with Gasteiger partial charge in [-0.2, -0.15) is 0 Å². The fraction of sp³-hybridized carbons (Fsp3) is 0.400. The third kappa shape index (κ3) is 2.41. The first-order chi connectivity index (χ1) is 7.79. The van der Waals surface area contributed by atoms with Crippen molar-refractivity contribution in [3.8, 4) is 0 Å². The van der Waals surface area contributed by atoms with Crippen LogP contribution in [0.3, 0.4) is 0 Å². The SMILES string of the molecule is CC(C(=O)c1ccccc1)C1C=CCCC1. The first-order valence-corrected chi connectivity index (χ1v) is 6.05. The number of benzene rings is 1. The number of Topliss-reactive ketones (excluding diaryl/α,β-unsaturated/α-hetero) is 1. The van der Waals surface area contributed by atoms with E-state index in [1.807, 2.05) is 30.3 Å². The van der Waals surface area contributed by atoms with Crippen LogP contribution in [0.2, 0.25) is 0 Å². The molecule has 1 nitrogen and oxygen atoms in total. The summed E-state index contributed by atoms with van der Waals surface area (Å²) in [6.45, 7) is 2.05. The van der Waals surface area contributed by atoms with Gasteiger partial charge in [-0.25, -0.2) is 0 Å². The molecule has 2 rings (SSSR count). The summed E-state index contributed by atoms with van der Waals surface area (Å²) >= 11 is 0. The van der Waals surface area contributed by atoms with Gasteiger partial charge >= 0.3 is 0 Å². The Labute approximate surface area is 97.2 Å². The molecule has 0 heterocycles. The monoisotopic (exact) mass is 214 g/mol. The number of hydrogen-bond donors (Lipinski definition) is 0. The summed E-state index contributed by atoms with van der Waals surface area (Å²) in [6.07, 6.45) is 7.96. The van der Waals surface area contributed by atoms with Gasteiger partial charge in [0.15, 0.2) is 5.78 Å². The third-order valence-electron chi connectivity index (χ3n) is 3.41. The average molecular weight is 214 g/mol. The molecule has 0 saturated heterocycles. The highest BCUT2D eigenvalue weighted by molar-refractivity contribution is 5.97. The van der Waals surface area contributed by atoms with Gasteiger partial charge < -0.3 is 0 Å². The van der Waals surface area contributed by atoms with Crippen LogP contribution in [-0.2, 0) is 0 Å². The van der Waals surface area contributed by atoms with E-state index in [9.17, 15) is 4.79 Å². The molecule has 1 aromatic carbocycles. The molecule has 0 fully saturated rings. The summed E-state index contributed by atoms with van der Waals surface area (Å²) in [5.41, 5.74) is 0.842. The van der Waals surface area contributed by atoms with E-state index < -0.39 is 0 Å². The Morgan fingerprint density at radius 1 is 1.31 bits per heavy atom. The minimum atomic E-state index is 0.110. The molecule has 1 aliphatic rings. The molecule has 1 aromatic rings. The number of rotatable bonds is 3. The van der Waals surface area contributed by atoms with Crippen LogP contribution >= 0.6 is 0 Å². The van der Waals surface area contributed by atoms with E-state index in [2.05, 4.69) is 19.1 Å². The molecule has 16 heavy (non-hydrogen) atoms. The fourth-order valence-electron chi connectivity index (χ4n) is 2.32. The number of hydrogen-bond acceptors (Lipinski definition) is 1. The second kappa shape index (κ2) is 5.11. The summed E-state index contributed by atoms with van der Waals surface area (Å²) < 4.78 is 0. The Hall–Kier alpha value is -1.37. The highest BCUT2D eigenvalue weighted by atomic mass is 16.1. The van der Waals surface area contributed by atoms with Crippen LogP contribution in [-0.4, -0.2) is 5.78 Å². The predicted octanol–water partition coefficient (Wildman–Crippen LogP) is 3.86. The molecule has 0 saturated carbocycles. The Morgan fingerprint density at radius 2 is 2.06 bits per heavy atom. The van der Waals surface area contributed by atoms with Crippen molar-refractivity contribution in [2.45, 2.75) is 26.2 Å². The molecule has 2 unspecified atom stereocenters. The molecular formula is C15H18O. The van der Waals surface area contributed by atoms with Crippen molar-refractivity contribution in [1.82, 2.24) is 0 Å². The maximum Gasteiger partial charge on any atom is 0.166 e. The van der Waals surface area contributed by atoms with E-state index in [0.717, 1.165) is 12.0 Å². The topological polar surface area (TPSA) is 17.1 Å². The lowest BCUT2D eigenvalue weighted by Crippen LogP contribution is -2.21. The van der Waals surface area contributed by atoms with Crippen molar-refractivity contribution in [2.75, 3.05) is 0 Å². The zero-order valence-corrected chi connectivity index (χ0v) is 9.73. The van der Waals surface area contributed by atoms with Gasteiger partial charge in [0, 0.05) is 11.5 Å². The van der Waals surface area contributed by atoms with Crippen molar-refractivity contribution in [3.05, 3.63) is 48.0 Å². The van der Waals surface area contributed by atoms with E-state index in [1.54, 1.807) is 0 Å². The maximum atomic E-state index is 12.2. The third-order valence-corrected chi connectivity index (χ3v) is 3.41. The predicted molar refractivity (Wildman–Crippen MR) is 66.4 cm³/mol. The van der Waals surface area contributed by atoms with Crippen molar-refractivity contribution >= 4 is 5.78 Å². The quantitative estimate of drug-likeness (QED) is 0.551. The lowest BCUT2D eigenvalue weighted by molar-refractivity contribution is 0.0897. The lowest BCUT2D eigenvalue weighted by atomic mass is 9.81. The summed E-state index contributed by atoms with van der Waals surface area (Å²) in [4.78, 5) is 12.2. The minimum absolute atomic E-state index is 0.110. The van der Waals surface area contributed by atoms with Crippen LogP contribution in [0.1, 0.15) is 36.5 Å². The molecule has 0 amide bonds. The fourth-order valence-corrected chi connectivity index (χ4v) is 2.32. The molecule has 84 valence electrons. The van der Waals surface area contributed by atoms with Gasteiger partial charge in [0.25, 0.3) is 0 Å². The lowest BCUT2D eigenvalue weighted by Gasteiger charge is -2.22. The van der Waals surface area contributed by atoms with Crippen LogP contribution in [0.25, 0.3) is 0 Å². The smallest absolute Gasteiger partial charge is 0.166 e. The first-order valence-electron chi connectivity index (χ1n) is 6.05. The summed E-state index contributed by atoms with van der Waals surface area (Å²) in [6, 6.07) is 9.62. The maximum absolute atomic E-state index is 12.2. The molecule has 1 heteroatoms. The van der Waals surface area contributed by atoms with Gasteiger partial charge in [0.2, 0.25) is 0 Å². The first kappa shape index (κ1) is 11.1. The molecule has 0 bridgehead atoms. The van der Waals surface area contributed by atoms with Crippen LogP contribution in [0, 0.1) is 11.8 Å². The van der Waals surface area contributed by atoms with E-state index in [1.165, 1.54) is 12.8 Å². The summed E-state index contributed by atoms with van der Waals surface area (Å²) in [7, 11) is 0. The zero-order valence-electron chi connectivity index (χ0n) is 9.73. The number of carbonyl (C=O) groups is 1. The van der Waals surface area contributed by atoms with Gasteiger partial charge in [-0.05, 0) is 25.2 Å². The molecule has 1 aliphatic carbocycles. The summed E-state index contributed by atoms with van der Waals surface area (Å²) in [5.74, 6) is 0.817. The van der Waals surface area contributed by atoms with Gasteiger partial charge in [-0.15, -0.1) is 0 Å². The van der Waals surface area contributed by atoms with Crippen LogP contribution in [0.15, 0.2) is 42.5 Å². The molecular weight excluding hydrogens is 196 g/mol. The van der Waals surface area contributed by atoms with Gasteiger partial charge in [0.1, 0.15) is 0 Å². The molecule has 0 spiro atoms. The van der Waals surface area contributed by atoms with Crippen molar-refractivity contribution in [1.29, 1.82) is 0 Å². The molecule has 0 aliphatic heterocycles. The van der Waals surface area contributed by atoms with E-state index in [0.29, 0.717) is 5.92 Å². The average Bonchev–Trinajstić information content (AvgIpc) is 2.39. The molecule has 0 N–H and O–H groups in total. The molecule has 0 aromatic heterocycles. The Bertz CT molecular complexity index is 378. The zero-order chi connectivity index (χ0) is 11.4. The Balaban J connectivity index is 2.10. The van der Waals surface area contributed by atoms with Crippen LogP contribution < -0.4 is 0 Å². The molecule has 2 atom stereocenters. The summed E-state index contributed by atoms with van der Waals surface area (Å²) in [5, 5.41) is 0. The van der Waals surface area contributed by atoms with E-state index in [4.69, 9.17) is 0 Å². The van der Waals surface area contributed by atoms with Crippen LogP contribution in [0.5, 0.6) is 0 Å². The van der Waals surface area contributed by atoms with Crippen LogP contribution in [0.4, 0.5) is 0 Å². The normalized spacial score (nSPS) is 21.7. The number of carbonyl (C=O) groups excluding carboxylic acids is 1. The van der Waals surface area contributed by atoms with Crippen molar-refractivity contribution < 1.29 is 4.79 Å². The standard InChI is InChI=1S/C15H18O/c1-12(13-8-4-2-5-9-13)15(16)14-10-6-3-7-11-14/h3-4,6-8,10-13H,2,5,9H2,1H3. The highest BCUT2D eigenvalue weighted by Crippen LogP contribution is 2.27. The second-order valence-electron chi connectivity index (χ2n) is 4.54.